The van der Waals surface area contributed by atoms with Crippen molar-refractivity contribution in [1.29, 1.82) is 0 Å². The van der Waals surface area contributed by atoms with E-state index in [1.807, 2.05) is 24.3 Å². The second kappa shape index (κ2) is 9.12. The summed E-state index contributed by atoms with van der Waals surface area (Å²) in [6.45, 7) is 0.951. The molecule has 24 heavy (non-hydrogen) atoms. The van der Waals surface area contributed by atoms with Crippen molar-refractivity contribution < 1.29 is 14.4 Å². The van der Waals surface area contributed by atoms with Crippen molar-refractivity contribution in [2.75, 3.05) is 32.4 Å². The third kappa shape index (κ3) is 5.42. The number of urea groups is 1. The van der Waals surface area contributed by atoms with Crippen LogP contribution >= 0.6 is 12.4 Å². The van der Waals surface area contributed by atoms with Gasteiger partial charge < -0.3 is 16.0 Å². The van der Waals surface area contributed by atoms with Gasteiger partial charge in [-0.25, -0.2) is 4.79 Å². The molecule has 0 aliphatic carbocycles. The summed E-state index contributed by atoms with van der Waals surface area (Å²) in [6, 6.07) is 7.24. The Balaban J connectivity index is 0.00000288. The van der Waals surface area contributed by atoms with Crippen LogP contribution in [0.25, 0.3) is 0 Å². The first-order valence-electron chi connectivity index (χ1n) is 7.64. The minimum absolute atomic E-state index is 0. The van der Waals surface area contributed by atoms with Gasteiger partial charge in [0.2, 0.25) is 11.8 Å². The van der Waals surface area contributed by atoms with Gasteiger partial charge >= 0.3 is 6.03 Å². The third-order valence-electron chi connectivity index (χ3n) is 3.73. The number of hydrogen-bond donors (Lipinski definition) is 2. The van der Waals surface area contributed by atoms with Gasteiger partial charge in [-0.15, -0.1) is 12.4 Å². The summed E-state index contributed by atoms with van der Waals surface area (Å²) in [6.07, 6.45) is 1.50. The molecular formula is C16H23ClN4O3. The molecule has 3 N–H and O–H groups in total. The number of anilines is 1. The van der Waals surface area contributed by atoms with Gasteiger partial charge in [-0.3, -0.25) is 14.5 Å². The number of likely N-dealkylation sites (N-methyl/N-ethyl adjacent to an activating group) is 1. The highest BCUT2D eigenvalue weighted by Gasteiger charge is 2.32. The Bertz CT molecular complexity index is 591. The number of hydrogen-bond acceptors (Lipinski definition) is 4. The van der Waals surface area contributed by atoms with E-state index in [4.69, 9.17) is 5.73 Å². The van der Waals surface area contributed by atoms with Crippen LogP contribution in [-0.4, -0.2) is 54.3 Å². The summed E-state index contributed by atoms with van der Waals surface area (Å²) in [4.78, 5) is 37.6. The number of nitrogens with one attached hydrogen (secondary N) is 1. The van der Waals surface area contributed by atoms with Gasteiger partial charge in [-0.05, 0) is 30.5 Å². The van der Waals surface area contributed by atoms with Crippen molar-refractivity contribution in [3.8, 4) is 0 Å². The van der Waals surface area contributed by atoms with Crippen LogP contribution in [0.3, 0.4) is 0 Å². The highest BCUT2D eigenvalue weighted by atomic mass is 35.5. The number of nitrogens with zero attached hydrogens (tertiary/aromatic N) is 2. The fourth-order valence-corrected chi connectivity index (χ4v) is 2.41. The lowest BCUT2D eigenvalue weighted by Crippen LogP contribution is -2.33. The zero-order chi connectivity index (χ0) is 16.8. The molecule has 8 heteroatoms. The van der Waals surface area contributed by atoms with Crippen molar-refractivity contribution in [2.45, 2.75) is 19.3 Å². The van der Waals surface area contributed by atoms with E-state index < -0.39 is 0 Å². The average Bonchev–Trinajstić information content (AvgIpc) is 2.75. The first-order valence-corrected chi connectivity index (χ1v) is 7.64. The SMILES string of the molecule is CN1CC(=O)N(CCCC(=O)NCCc2ccc(N)cc2)C1=O.Cl. The van der Waals surface area contributed by atoms with Crippen molar-refractivity contribution in [3.05, 3.63) is 29.8 Å². The molecule has 0 unspecified atom stereocenters. The van der Waals surface area contributed by atoms with Gasteiger partial charge in [0.15, 0.2) is 0 Å². The Morgan fingerprint density at radius 3 is 2.50 bits per heavy atom. The van der Waals surface area contributed by atoms with E-state index in [-0.39, 0.29) is 43.3 Å². The summed E-state index contributed by atoms with van der Waals surface area (Å²) in [5, 5.41) is 2.83. The summed E-state index contributed by atoms with van der Waals surface area (Å²) in [7, 11) is 1.59. The zero-order valence-electron chi connectivity index (χ0n) is 13.7. The highest BCUT2D eigenvalue weighted by Crippen LogP contribution is 2.09. The molecule has 0 radical (unpaired) electrons. The maximum absolute atomic E-state index is 11.8. The summed E-state index contributed by atoms with van der Waals surface area (Å²) in [5.41, 5.74) is 7.44. The molecule has 7 nitrogen and oxygen atoms in total. The van der Waals surface area contributed by atoms with Crippen LogP contribution < -0.4 is 11.1 Å². The first kappa shape index (κ1) is 19.8. The summed E-state index contributed by atoms with van der Waals surface area (Å²) < 4.78 is 0. The van der Waals surface area contributed by atoms with Gasteiger partial charge in [0, 0.05) is 32.2 Å². The zero-order valence-corrected chi connectivity index (χ0v) is 14.5. The van der Waals surface area contributed by atoms with Crippen LogP contribution in [0.4, 0.5) is 10.5 Å². The van der Waals surface area contributed by atoms with E-state index in [2.05, 4.69) is 5.32 Å². The number of amides is 4. The van der Waals surface area contributed by atoms with E-state index in [0.29, 0.717) is 19.4 Å². The van der Waals surface area contributed by atoms with Crippen LogP contribution in [-0.2, 0) is 16.0 Å². The Morgan fingerprint density at radius 2 is 1.92 bits per heavy atom. The lowest BCUT2D eigenvalue weighted by Gasteiger charge is -2.13. The van der Waals surface area contributed by atoms with Gasteiger partial charge in [0.25, 0.3) is 0 Å². The molecule has 1 heterocycles. The van der Waals surface area contributed by atoms with Crippen molar-refractivity contribution in [1.82, 2.24) is 15.1 Å². The molecule has 4 amide bonds. The second-order valence-corrected chi connectivity index (χ2v) is 5.63. The minimum Gasteiger partial charge on any atom is -0.399 e. The van der Waals surface area contributed by atoms with Crippen LogP contribution in [0, 0.1) is 0 Å². The number of imide groups is 1. The molecule has 1 aromatic carbocycles. The van der Waals surface area contributed by atoms with Crippen LogP contribution in [0.2, 0.25) is 0 Å². The Hall–Kier alpha value is -2.28. The maximum Gasteiger partial charge on any atom is 0.326 e. The number of carbonyl (C=O) groups excluding carboxylic acids is 3. The maximum atomic E-state index is 11.8. The second-order valence-electron chi connectivity index (χ2n) is 5.63. The molecule has 1 saturated heterocycles. The third-order valence-corrected chi connectivity index (χ3v) is 3.73. The number of nitrogen functional groups attached to an aromatic ring is 1. The number of nitrogens with two attached hydrogens (primary N) is 1. The fourth-order valence-electron chi connectivity index (χ4n) is 2.41. The molecule has 0 spiro atoms. The average molecular weight is 355 g/mol. The predicted octanol–water partition coefficient (Wildman–Crippen LogP) is 1.02. The van der Waals surface area contributed by atoms with Crippen LogP contribution in [0.5, 0.6) is 0 Å². The quantitative estimate of drug-likeness (QED) is 0.564. The Morgan fingerprint density at radius 1 is 1.25 bits per heavy atom. The van der Waals surface area contributed by atoms with Gasteiger partial charge in [0.05, 0.1) is 0 Å². The van der Waals surface area contributed by atoms with E-state index >= 15 is 0 Å². The molecule has 1 fully saturated rings. The van der Waals surface area contributed by atoms with Crippen LogP contribution in [0.15, 0.2) is 24.3 Å². The minimum atomic E-state index is -0.293. The highest BCUT2D eigenvalue weighted by molar-refractivity contribution is 6.01. The van der Waals surface area contributed by atoms with E-state index in [1.165, 1.54) is 9.80 Å². The van der Waals surface area contributed by atoms with Crippen molar-refractivity contribution in [2.24, 2.45) is 0 Å². The van der Waals surface area contributed by atoms with Gasteiger partial charge in [0.1, 0.15) is 6.54 Å². The van der Waals surface area contributed by atoms with Gasteiger partial charge in [-0.1, -0.05) is 12.1 Å². The number of halogens is 1. The molecule has 1 aliphatic heterocycles. The molecular weight excluding hydrogens is 332 g/mol. The Kier molecular flexibility index (Phi) is 7.51. The van der Waals surface area contributed by atoms with E-state index in [0.717, 1.165) is 17.7 Å². The lowest BCUT2D eigenvalue weighted by atomic mass is 10.1. The van der Waals surface area contributed by atoms with E-state index in [1.54, 1.807) is 7.05 Å². The monoisotopic (exact) mass is 354 g/mol. The standard InChI is InChI=1S/C16H22N4O3.ClH/c1-19-11-15(22)20(16(19)23)10-2-3-14(21)18-9-8-12-4-6-13(17)7-5-12;/h4-7H,2-3,8-11,17H2,1H3,(H,18,21);1H. The number of benzene rings is 1. The molecule has 1 aromatic rings. The van der Waals surface area contributed by atoms with Crippen LogP contribution in [0.1, 0.15) is 18.4 Å². The molecule has 132 valence electrons. The molecule has 2 rings (SSSR count). The summed E-state index contributed by atoms with van der Waals surface area (Å²) >= 11 is 0. The number of rotatable bonds is 7. The first-order chi connectivity index (χ1) is 11.0. The van der Waals surface area contributed by atoms with Crippen molar-refractivity contribution >= 4 is 35.9 Å². The normalized spacial score (nSPS) is 13.9. The largest absolute Gasteiger partial charge is 0.399 e. The molecule has 0 atom stereocenters. The predicted molar refractivity (Wildman–Crippen MR) is 93.8 cm³/mol. The molecule has 1 aliphatic rings. The fraction of sp³-hybridized carbons (Fsp3) is 0.438. The summed E-state index contributed by atoms with van der Waals surface area (Å²) in [5.74, 6) is -0.283. The number of carbonyl (C=O) groups is 3. The molecule has 0 bridgehead atoms. The lowest BCUT2D eigenvalue weighted by molar-refractivity contribution is -0.126. The Labute approximate surface area is 147 Å². The molecule has 0 saturated carbocycles. The smallest absolute Gasteiger partial charge is 0.326 e. The topological polar surface area (TPSA) is 95.7 Å². The van der Waals surface area contributed by atoms with Gasteiger partial charge in [-0.2, -0.15) is 0 Å². The molecule has 0 aromatic heterocycles. The van der Waals surface area contributed by atoms with Crippen molar-refractivity contribution in [3.63, 3.8) is 0 Å². The van der Waals surface area contributed by atoms with E-state index in [9.17, 15) is 14.4 Å².